The Morgan fingerprint density at radius 1 is 1.24 bits per heavy atom. The van der Waals surface area contributed by atoms with Gasteiger partial charge in [0.2, 0.25) is 5.91 Å². The Hall–Kier alpha value is -3.15. The van der Waals surface area contributed by atoms with E-state index in [4.69, 9.17) is 4.74 Å². The molecule has 2 heterocycles. The van der Waals surface area contributed by atoms with Crippen LogP contribution in [0.4, 0.5) is 5.69 Å². The van der Waals surface area contributed by atoms with Crippen molar-refractivity contribution in [2.75, 3.05) is 11.9 Å². The van der Waals surface area contributed by atoms with Crippen LogP contribution >= 0.6 is 0 Å². The summed E-state index contributed by atoms with van der Waals surface area (Å²) in [6, 6.07) is 7.68. The van der Waals surface area contributed by atoms with E-state index in [1.807, 2.05) is 6.92 Å². The first kappa shape index (κ1) is 19.2. The van der Waals surface area contributed by atoms with Crippen molar-refractivity contribution in [3.8, 4) is 0 Å². The van der Waals surface area contributed by atoms with Gasteiger partial charge in [0.1, 0.15) is 0 Å². The molecule has 6 nitrogen and oxygen atoms in total. The number of amides is 1. The maximum atomic E-state index is 12.4. The third kappa shape index (κ3) is 3.75. The molecule has 1 aromatic carbocycles. The molecule has 1 aromatic heterocycles. The van der Waals surface area contributed by atoms with Gasteiger partial charge in [-0.25, -0.2) is 4.79 Å². The summed E-state index contributed by atoms with van der Waals surface area (Å²) in [5.74, 6) is -1.23. The number of ether oxygens (including phenoxy) is 1. The predicted molar refractivity (Wildman–Crippen MR) is 110 cm³/mol. The number of esters is 1. The number of benzene rings is 1. The van der Waals surface area contributed by atoms with Crippen LogP contribution in [-0.2, 0) is 14.3 Å². The number of aryl methyl sites for hydroxylation is 1. The van der Waals surface area contributed by atoms with Crippen molar-refractivity contribution in [2.24, 2.45) is 0 Å². The van der Waals surface area contributed by atoms with E-state index in [1.165, 1.54) is 24.6 Å². The number of aromatic nitrogens is 1. The molecular weight excluding hydrogens is 368 g/mol. The predicted octanol–water partition coefficient (Wildman–Crippen LogP) is 3.93. The molecule has 1 atom stereocenters. The van der Waals surface area contributed by atoms with E-state index in [0.717, 1.165) is 22.5 Å². The SMILES string of the molecule is Cc1cc(/C=C/C(=O)OCC(=O)c2ccc3c(c2)[C@@H](C)C(=O)N3)c(C)n1C1CC1. The van der Waals surface area contributed by atoms with Crippen molar-refractivity contribution in [2.45, 2.75) is 45.6 Å². The first-order valence-corrected chi connectivity index (χ1v) is 9.86. The molecule has 1 saturated carbocycles. The van der Waals surface area contributed by atoms with Crippen molar-refractivity contribution >= 4 is 29.4 Å². The van der Waals surface area contributed by atoms with Crippen LogP contribution in [0.3, 0.4) is 0 Å². The molecule has 2 aromatic rings. The highest BCUT2D eigenvalue weighted by Gasteiger charge is 2.28. The molecule has 0 saturated heterocycles. The number of rotatable bonds is 6. The van der Waals surface area contributed by atoms with Gasteiger partial charge >= 0.3 is 5.97 Å². The van der Waals surface area contributed by atoms with Gasteiger partial charge in [0, 0.05) is 34.8 Å². The number of Topliss-reactive ketones (excluding diaryl/α,β-unsaturated/α-hetero) is 1. The first-order chi connectivity index (χ1) is 13.8. The van der Waals surface area contributed by atoms with Gasteiger partial charge in [-0.05, 0) is 75.1 Å². The van der Waals surface area contributed by atoms with E-state index < -0.39 is 5.97 Å². The molecule has 6 heteroatoms. The second-order valence-electron chi connectivity index (χ2n) is 7.80. The van der Waals surface area contributed by atoms with Crippen molar-refractivity contribution in [3.05, 3.63) is 58.4 Å². The van der Waals surface area contributed by atoms with Crippen molar-refractivity contribution in [1.82, 2.24) is 4.57 Å². The van der Waals surface area contributed by atoms with E-state index >= 15 is 0 Å². The number of carbonyl (C=O) groups excluding carboxylic acids is 3. The number of nitrogens with one attached hydrogen (secondary N) is 1. The van der Waals surface area contributed by atoms with Gasteiger partial charge < -0.3 is 14.6 Å². The molecule has 0 unspecified atom stereocenters. The molecule has 29 heavy (non-hydrogen) atoms. The molecule has 1 aliphatic heterocycles. The third-order valence-electron chi connectivity index (χ3n) is 5.67. The Bertz CT molecular complexity index is 1040. The first-order valence-electron chi connectivity index (χ1n) is 9.86. The van der Waals surface area contributed by atoms with Gasteiger partial charge in [0.15, 0.2) is 12.4 Å². The second kappa shape index (κ2) is 7.35. The Kier molecular flexibility index (Phi) is 4.86. The molecule has 1 amide bonds. The average molecular weight is 392 g/mol. The summed E-state index contributed by atoms with van der Waals surface area (Å²) in [5, 5.41) is 2.77. The molecule has 2 aliphatic rings. The monoisotopic (exact) mass is 392 g/mol. The molecule has 0 spiro atoms. The Balaban J connectivity index is 1.37. The van der Waals surface area contributed by atoms with Crippen molar-refractivity contribution < 1.29 is 19.1 Å². The fraction of sp³-hybridized carbons (Fsp3) is 0.348. The lowest BCUT2D eigenvalue weighted by Crippen LogP contribution is -2.13. The molecule has 150 valence electrons. The number of ketones is 1. The van der Waals surface area contributed by atoms with Crippen molar-refractivity contribution in [1.29, 1.82) is 0 Å². The number of fused-ring (bicyclic) bond motifs is 1. The number of carbonyl (C=O) groups is 3. The van der Waals surface area contributed by atoms with Gasteiger partial charge in [-0.3, -0.25) is 9.59 Å². The number of hydrogen-bond acceptors (Lipinski definition) is 4. The largest absolute Gasteiger partial charge is 0.454 e. The Morgan fingerprint density at radius 3 is 2.72 bits per heavy atom. The molecular formula is C23H24N2O4. The molecule has 0 radical (unpaired) electrons. The quantitative estimate of drug-likeness (QED) is 0.459. The summed E-state index contributed by atoms with van der Waals surface area (Å²) < 4.78 is 7.43. The third-order valence-corrected chi connectivity index (χ3v) is 5.67. The van der Waals surface area contributed by atoms with Crippen LogP contribution in [0.1, 0.15) is 64.6 Å². The van der Waals surface area contributed by atoms with Crippen LogP contribution in [0.25, 0.3) is 6.08 Å². The maximum Gasteiger partial charge on any atom is 0.331 e. The van der Waals surface area contributed by atoms with Crippen LogP contribution in [0.2, 0.25) is 0 Å². The van der Waals surface area contributed by atoms with Crippen LogP contribution in [-0.4, -0.2) is 28.8 Å². The summed E-state index contributed by atoms with van der Waals surface area (Å²) >= 11 is 0. The average Bonchev–Trinajstić information content (AvgIpc) is 3.43. The molecule has 1 aliphatic carbocycles. The number of anilines is 1. The minimum atomic E-state index is -0.555. The maximum absolute atomic E-state index is 12.4. The Morgan fingerprint density at radius 2 is 2.00 bits per heavy atom. The van der Waals surface area contributed by atoms with Gasteiger partial charge in [-0.2, -0.15) is 0 Å². The lowest BCUT2D eigenvalue weighted by Gasteiger charge is -2.06. The summed E-state index contributed by atoms with van der Waals surface area (Å²) in [6.45, 7) is 5.58. The number of hydrogen-bond donors (Lipinski definition) is 1. The minimum absolute atomic E-state index is 0.0813. The van der Waals surface area contributed by atoms with Crippen molar-refractivity contribution in [3.63, 3.8) is 0 Å². The summed E-state index contributed by atoms with van der Waals surface area (Å²) in [7, 11) is 0. The van der Waals surface area contributed by atoms with E-state index in [0.29, 0.717) is 11.6 Å². The van der Waals surface area contributed by atoms with E-state index in [-0.39, 0.29) is 24.2 Å². The highest BCUT2D eigenvalue weighted by molar-refractivity contribution is 6.05. The fourth-order valence-corrected chi connectivity index (χ4v) is 3.88. The van der Waals surface area contributed by atoms with E-state index in [9.17, 15) is 14.4 Å². The smallest absolute Gasteiger partial charge is 0.331 e. The molecule has 4 rings (SSSR count). The lowest BCUT2D eigenvalue weighted by atomic mass is 9.99. The van der Waals surface area contributed by atoms with Gasteiger partial charge in [-0.1, -0.05) is 0 Å². The van der Waals surface area contributed by atoms with Crippen LogP contribution < -0.4 is 5.32 Å². The van der Waals surface area contributed by atoms with E-state index in [1.54, 1.807) is 31.2 Å². The second-order valence-corrected chi connectivity index (χ2v) is 7.80. The zero-order chi connectivity index (χ0) is 20.7. The topological polar surface area (TPSA) is 77.4 Å². The highest BCUT2D eigenvalue weighted by Crippen LogP contribution is 2.38. The summed E-state index contributed by atoms with van der Waals surface area (Å²) in [6.07, 6.45) is 5.51. The summed E-state index contributed by atoms with van der Waals surface area (Å²) in [4.78, 5) is 36.2. The lowest BCUT2D eigenvalue weighted by molar-refractivity contribution is -0.136. The minimum Gasteiger partial charge on any atom is -0.454 e. The standard InChI is InChI=1S/C23H24N2O4/c1-13-10-16(15(3)25(13)18-6-7-18)5-9-22(27)29-12-21(26)17-4-8-20-19(11-17)14(2)23(28)24-20/h4-5,8-11,14,18H,6-7,12H2,1-3H3,(H,24,28)/b9-5+/t14-/m1/s1. The van der Waals surface area contributed by atoms with Crippen LogP contribution in [0, 0.1) is 13.8 Å². The highest BCUT2D eigenvalue weighted by atomic mass is 16.5. The van der Waals surface area contributed by atoms with E-state index in [2.05, 4.69) is 22.9 Å². The van der Waals surface area contributed by atoms with Crippen LogP contribution in [0.5, 0.6) is 0 Å². The van der Waals surface area contributed by atoms with Gasteiger partial charge in [0.05, 0.1) is 5.92 Å². The van der Waals surface area contributed by atoms with Crippen LogP contribution in [0.15, 0.2) is 30.3 Å². The molecule has 1 N–H and O–H groups in total. The fourth-order valence-electron chi connectivity index (χ4n) is 3.88. The zero-order valence-electron chi connectivity index (χ0n) is 16.8. The zero-order valence-corrected chi connectivity index (χ0v) is 16.8. The number of nitrogens with zero attached hydrogens (tertiary/aromatic N) is 1. The Labute approximate surface area is 169 Å². The molecule has 0 bridgehead atoms. The van der Waals surface area contributed by atoms with Gasteiger partial charge in [-0.15, -0.1) is 0 Å². The van der Waals surface area contributed by atoms with Gasteiger partial charge in [0.25, 0.3) is 0 Å². The molecule has 1 fully saturated rings. The normalized spacial score (nSPS) is 18.0. The summed E-state index contributed by atoms with van der Waals surface area (Å²) in [5.41, 5.74) is 5.26.